The van der Waals surface area contributed by atoms with Crippen LogP contribution >= 0.6 is 0 Å². The predicted octanol–water partition coefficient (Wildman–Crippen LogP) is 2.45. The van der Waals surface area contributed by atoms with Gasteiger partial charge in [0.15, 0.2) is 0 Å². The van der Waals surface area contributed by atoms with E-state index in [1.54, 1.807) is 6.92 Å². The number of para-hydroxylation sites is 1. The third-order valence-electron chi connectivity index (χ3n) is 3.15. The molecule has 0 aliphatic rings. The number of pyridine rings is 1. The monoisotopic (exact) mass is 272 g/mol. The van der Waals surface area contributed by atoms with Crippen molar-refractivity contribution < 1.29 is 9.53 Å². The fraction of sp³-hybridized carbons (Fsp3) is 0.375. The summed E-state index contributed by atoms with van der Waals surface area (Å²) in [7, 11) is 0. The van der Waals surface area contributed by atoms with Gasteiger partial charge in [-0.2, -0.15) is 0 Å². The van der Waals surface area contributed by atoms with Gasteiger partial charge in [-0.1, -0.05) is 24.3 Å². The van der Waals surface area contributed by atoms with Crippen LogP contribution in [-0.4, -0.2) is 23.6 Å². The quantitative estimate of drug-likeness (QED) is 0.820. The second-order valence-electron chi connectivity index (χ2n) is 4.80. The molecular weight excluding hydrogens is 252 g/mol. The van der Waals surface area contributed by atoms with Crippen LogP contribution in [0.3, 0.4) is 0 Å². The van der Waals surface area contributed by atoms with E-state index in [1.165, 1.54) is 0 Å². The molecule has 4 heteroatoms. The summed E-state index contributed by atoms with van der Waals surface area (Å²) in [5.41, 5.74) is 7.98. The van der Waals surface area contributed by atoms with Gasteiger partial charge in [-0.15, -0.1) is 0 Å². The van der Waals surface area contributed by atoms with Crippen LogP contribution in [-0.2, 0) is 16.0 Å². The van der Waals surface area contributed by atoms with Crippen LogP contribution < -0.4 is 5.73 Å². The van der Waals surface area contributed by atoms with E-state index in [4.69, 9.17) is 10.5 Å². The lowest BCUT2D eigenvalue weighted by molar-refractivity contribution is -0.143. The standard InChI is InChI=1S/C16H20N2O2/c1-2-20-16(19)10-8-13(17)11-14-9-7-12-5-3-4-6-15(12)18-14/h3-7,9,13H,2,8,10-11,17H2,1H3. The Balaban J connectivity index is 1.92. The molecular formula is C16H20N2O2. The summed E-state index contributed by atoms with van der Waals surface area (Å²) in [6.07, 6.45) is 1.65. The summed E-state index contributed by atoms with van der Waals surface area (Å²) in [6.45, 7) is 2.22. The number of nitrogens with zero attached hydrogens (tertiary/aromatic N) is 1. The van der Waals surface area contributed by atoms with E-state index in [-0.39, 0.29) is 12.0 Å². The van der Waals surface area contributed by atoms with Crippen LogP contribution in [0.5, 0.6) is 0 Å². The third kappa shape index (κ3) is 4.03. The first-order chi connectivity index (χ1) is 9.69. The molecule has 0 saturated carbocycles. The zero-order valence-electron chi connectivity index (χ0n) is 11.7. The van der Waals surface area contributed by atoms with Crippen LogP contribution in [0.25, 0.3) is 10.9 Å². The van der Waals surface area contributed by atoms with Gasteiger partial charge in [-0.25, -0.2) is 0 Å². The number of carbonyl (C=O) groups is 1. The number of rotatable bonds is 6. The summed E-state index contributed by atoms with van der Waals surface area (Å²) in [5, 5.41) is 1.12. The fourth-order valence-electron chi connectivity index (χ4n) is 2.13. The van der Waals surface area contributed by atoms with Gasteiger partial charge < -0.3 is 10.5 Å². The van der Waals surface area contributed by atoms with Gasteiger partial charge in [0.05, 0.1) is 12.1 Å². The van der Waals surface area contributed by atoms with Crippen molar-refractivity contribution in [1.82, 2.24) is 4.98 Å². The highest BCUT2D eigenvalue weighted by molar-refractivity contribution is 5.78. The number of esters is 1. The van der Waals surface area contributed by atoms with Crippen LogP contribution in [0.1, 0.15) is 25.5 Å². The molecule has 1 unspecified atom stereocenters. The Morgan fingerprint density at radius 3 is 2.90 bits per heavy atom. The van der Waals surface area contributed by atoms with Crippen LogP contribution in [0.15, 0.2) is 36.4 Å². The maximum absolute atomic E-state index is 11.3. The van der Waals surface area contributed by atoms with Gasteiger partial charge in [0, 0.05) is 30.0 Å². The normalized spacial score (nSPS) is 12.3. The molecule has 0 spiro atoms. The summed E-state index contributed by atoms with van der Waals surface area (Å²) < 4.78 is 4.89. The van der Waals surface area contributed by atoms with E-state index in [2.05, 4.69) is 11.1 Å². The molecule has 0 bridgehead atoms. The fourth-order valence-corrected chi connectivity index (χ4v) is 2.13. The molecule has 0 amide bonds. The van der Waals surface area contributed by atoms with Crippen molar-refractivity contribution in [3.8, 4) is 0 Å². The van der Waals surface area contributed by atoms with E-state index < -0.39 is 0 Å². The van der Waals surface area contributed by atoms with Crippen molar-refractivity contribution in [1.29, 1.82) is 0 Å². The SMILES string of the molecule is CCOC(=O)CCC(N)Cc1ccc2ccccc2n1. The number of benzene rings is 1. The molecule has 2 N–H and O–H groups in total. The Bertz CT molecular complexity index is 583. The van der Waals surface area contributed by atoms with Crippen LogP contribution in [0.2, 0.25) is 0 Å². The van der Waals surface area contributed by atoms with Gasteiger partial charge >= 0.3 is 5.97 Å². The van der Waals surface area contributed by atoms with E-state index >= 15 is 0 Å². The molecule has 0 saturated heterocycles. The van der Waals surface area contributed by atoms with Crippen molar-refractivity contribution in [2.75, 3.05) is 6.61 Å². The van der Waals surface area contributed by atoms with Crippen LogP contribution in [0, 0.1) is 0 Å². The molecule has 20 heavy (non-hydrogen) atoms. The lowest BCUT2D eigenvalue weighted by atomic mass is 10.1. The molecule has 2 rings (SSSR count). The summed E-state index contributed by atoms with van der Waals surface area (Å²) >= 11 is 0. The number of ether oxygens (including phenoxy) is 1. The number of hydrogen-bond donors (Lipinski definition) is 1. The van der Waals surface area contributed by atoms with Gasteiger partial charge in [-0.3, -0.25) is 9.78 Å². The van der Waals surface area contributed by atoms with Crippen molar-refractivity contribution >= 4 is 16.9 Å². The maximum Gasteiger partial charge on any atom is 0.305 e. The van der Waals surface area contributed by atoms with E-state index in [0.717, 1.165) is 16.6 Å². The molecule has 2 aromatic rings. The predicted molar refractivity (Wildman–Crippen MR) is 79.3 cm³/mol. The lowest BCUT2D eigenvalue weighted by Crippen LogP contribution is -2.24. The average molecular weight is 272 g/mol. The zero-order chi connectivity index (χ0) is 14.4. The Morgan fingerprint density at radius 2 is 2.10 bits per heavy atom. The topological polar surface area (TPSA) is 65.2 Å². The average Bonchev–Trinajstić information content (AvgIpc) is 2.45. The Morgan fingerprint density at radius 1 is 1.30 bits per heavy atom. The number of hydrogen-bond acceptors (Lipinski definition) is 4. The molecule has 0 aliphatic heterocycles. The van der Waals surface area contributed by atoms with Gasteiger partial charge in [0.1, 0.15) is 0 Å². The number of carbonyl (C=O) groups excluding carboxylic acids is 1. The second-order valence-corrected chi connectivity index (χ2v) is 4.80. The Hall–Kier alpha value is -1.94. The largest absolute Gasteiger partial charge is 0.466 e. The molecule has 1 atom stereocenters. The van der Waals surface area contributed by atoms with Gasteiger partial charge in [-0.05, 0) is 25.5 Å². The highest BCUT2D eigenvalue weighted by Crippen LogP contribution is 2.13. The van der Waals surface area contributed by atoms with Gasteiger partial charge in [0.2, 0.25) is 0 Å². The van der Waals surface area contributed by atoms with Crippen molar-refractivity contribution in [3.63, 3.8) is 0 Å². The van der Waals surface area contributed by atoms with Crippen molar-refractivity contribution in [2.45, 2.75) is 32.2 Å². The Labute approximate surface area is 119 Å². The van der Waals surface area contributed by atoms with E-state index in [0.29, 0.717) is 25.9 Å². The number of nitrogens with two attached hydrogens (primary N) is 1. The lowest BCUT2D eigenvalue weighted by Gasteiger charge is -2.11. The van der Waals surface area contributed by atoms with E-state index in [1.807, 2.05) is 30.3 Å². The first-order valence-electron chi connectivity index (χ1n) is 6.95. The molecule has 1 heterocycles. The van der Waals surface area contributed by atoms with Crippen molar-refractivity contribution in [2.24, 2.45) is 5.73 Å². The number of fused-ring (bicyclic) bond motifs is 1. The first-order valence-corrected chi connectivity index (χ1v) is 6.95. The molecule has 1 aromatic carbocycles. The van der Waals surface area contributed by atoms with Gasteiger partial charge in [0.25, 0.3) is 0 Å². The molecule has 0 aliphatic carbocycles. The number of aromatic nitrogens is 1. The van der Waals surface area contributed by atoms with Crippen molar-refractivity contribution in [3.05, 3.63) is 42.1 Å². The summed E-state index contributed by atoms with van der Waals surface area (Å²) in [4.78, 5) is 15.9. The zero-order valence-corrected chi connectivity index (χ0v) is 11.7. The molecule has 1 aromatic heterocycles. The molecule has 0 fully saturated rings. The molecule has 0 radical (unpaired) electrons. The highest BCUT2D eigenvalue weighted by atomic mass is 16.5. The second kappa shape index (κ2) is 7.01. The first kappa shape index (κ1) is 14.5. The highest BCUT2D eigenvalue weighted by Gasteiger charge is 2.09. The minimum Gasteiger partial charge on any atom is -0.466 e. The summed E-state index contributed by atoms with van der Waals surface area (Å²) in [5.74, 6) is -0.186. The summed E-state index contributed by atoms with van der Waals surface area (Å²) in [6, 6.07) is 12.0. The minimum atomic E-state index is -0.186. The molecule has 106 valence electrons. The molecule has 4 nitrogen and oxygen atoms in total. The van der Waals surface area contributed by atoms with E-state index in [9.17, 15) is 4.79 Å². The van der Waals surface area contributed by atoms with Crippen LogP contribution in [0.4, 0.5) is 0 Å². The third-order valence-corrected chi connectivity index (χ3v) is 3.15. The maximum atomic E-state index is 11.3. The minimum absolute atomic E-state index is 0.0759. The Kier molecular flexibility index (Phi) is 5.07. The smallest absolute Gasteiger partial charge is 0.305 e.